The first-order valence-corrected chi connectivity index (χ1v) is 7.90. The second-order valence-electron chi connectivity index (χ2n) is 4.80. The number of hydrogen-bond acceptors (Lipinski definition) is 2. The summed E-state index contributed by atoms with van der Waals surface area (Å²) in [6, 6.07) is 0. The number of nitrogens with zero attached hydrogens (tertiary/aromatic N) is 2. The molecule has 0 aliphatic heterocycles. The van der Waals surface area contributed by atoms with Crippen molar-refractivity contribution in [1.82, 2.24) is 9.80 Å². The van der Waals surface area contributed by atoms with Crippen LogP contribution >= 0.6 is 0 Å². The Hall–Kier alpha value is 3.30. The Bertz CT molecular complexity index is 202. The molecule has 0 heterocycles. The smallest absolute Gasteiger partial charge is 0.0869 e. The molecular formula is C12H54Mo7N8O30-42. The molecule has 45 heteroatoms. The van der Waals surface area contributed by atoms with Gasteiger partial charge in [-0.1, -0.05) is 0 Å². The van der Waals surface area contributed by atoms with E-state index in [1.807, 2.05) is 0 Å². The van der Waals surface area contributed by atoms with E-state index in [0.717, 1.165) is 78.5 Å². The van der Waals surface area contributed by atoms with Gasteiger partial charge in [0.15, 0.2) is 0 Å². The van der Waals surface area contributed by atoms with Gasteiger partial charge in [0.25, 0.3) is 0 Å². The van der Waals surface area contributed by atoms with Gasteiger partial charge in [0.1, 0.15) is 0 Å². The summed E-state index contributed by atoms with van der Waals surface area (Å²) in [5.41, 5.74) is 22.8. The van der Waals surface area contributed by atoms with Crippen LogP contribution < -0.4 is 34.4 Å². The third-order valence-corrected chi connectivity index (χ3v) is 2.85. The summed E-state index contributed by atoms with van der Waals surface area (Å²) in [6.45, 7) is 12.4. The fourth-order valence-corrected chi connectivity index (χ4v) is 2.01. The first-order chi connectivity index (χ1) is 9.69. The van der Waals surface area contributed by atoms with E-state index in [4.69, 9.17) is 0 Å². The van der Waals surface area contributed by atoms with Gasteiger partial charge in [-0.25, -0.2) is 0 Å². The van der Waals surface area contributed by atoms with Gasteiger partial charge in [0.05, 0.1) is 39.3 Å². The van der Waals surface area contributed by atoms with Gasteiger partial charge in [-0.2, -0.15) is 0 Å². The number of quaternary nitrogens is 6. The Labute approximate surface area is 430 Å². The standard InChI is InChI=1S/2C6H18N4.7Mo.6H2O.24O/c2*7-1-4-10(5-2-8)6-3-9;;;;;;;;;;;;;;;;;;;;;;;;;;;;;;;;;;;;;/h2*1-9H2;;;;;;;;6*1H2;;;;;;;;;;;;;;;;;;;;;;;;/q;;;;;;;;;;;;;;;24*-2/p+6. The summed E-state index contributed by atoms with van der Waals surface area (Å²) >= 11 is 0. The van der Waals surface area contributed by atoms with Gasteiger partial charge in [-0.15, -0.1) is 0 Å². The Morgan fingerprint density at radius 3 is 0.263 bits per heavy atom. The SMILES string of the molecule is O.O.O.O.O.O.[Mo].[Mo].[Mo].[Mo].[Mo].[Mo].[Mo].[NH3+]CCN(CC[NH3+])CC[NH3+].[NH3+]CCN(CC[NH3+])CC[NH3+].[O-2].[O-2].[O-2].[O-2].[O-2].[O-2].[O-2].[O-2].[O-2].[O-2].[O-2].[O-2].[O-2].[O-2].[O-2].[O-2].[O-2].[O-2].[O-2].[O-2].[O-2].[O-2].[O-2].[O-2]. The van der Waals surface area contributed by atoms with E-state index in [-0.39, 0.29) is 312 Å². The van der Waals surface area contributed by atoms with E-state index in [0.29, 0.717) is 0 Å². The summed E-state index contributed by atoms with van der Waals surface area (Å²) in [5, 5.41) is 0. The van der Waals surface area contributed by atoms with Crippen molar-refractivity contribution in [2.45, 2.75) is 0 Å². The molecule has 0 aliphatic rings. The van der Waals surface area contributed by atoms with Crippen LogP contribution in [0.5, 0.6) is 0 Å². The second-order valence-corrected chi connectivity index (χ2v) is 4.80. The van der Waals surface area contributed by atoms with E-state index >= 15 is 0 Å². The molecule has 0 aromatic rings. The molecule has 0 radical (unpaired) electrons. The molecule has 0 atom stereocenters. The predicted molar refractivity (Wildman–Crippen MR) is 118 cm³/mol. The molecule has 0 fully saturated rings. The first-order valence-electron chi connectivity index (χ1n) is 7.90. The van der Waals surface area contributed by atoms with Crippen LogP contribution in [0.2, 0.25) is 0 Å². The molecule has 0 amide bonds. The van der Waals surface area contributed by atoms with Crippen LogP contribution in [0.4, 0.5) is 0 Å². The van der Waals surface area contributed by atoms with Crippen LogP contribution in [0.15, 0.2) is 0 Å². The first kappa shape index (κ1) is 467. The van der Waals surface area contributed by atoms with Gasteiger partial charge >= 0.3 is 0 Å². The largest absolute Gasteiger partial charge is 2.00 e. The quantitative estimate of drug-likeness (QED) is 0.104. The zero-order valence-corrected chi connectivity index (χ0v) is 43.3. The third-order valence-electron chi connectivity index (χ3n) is 2.85. The van der Waals surface area contributed by atoms with Crippen molar-refractivity contribution in [1.29, 1.82) is 0 Å². The van der Waals surface area contributed by atoms with Crippen molar-refractivity contribution >= 4 is 0 Å². The zero-order chi connectivity index (χ0) is 15.6. The summed E-state index contributed by atoms with van der Waals surface area (Å²) < 4.78 is 0. The molecule has 0 aromatic heterocycles. The molecule has 0 bridgehead atoms. The van der Waals surface area contributed by atoms with Crippen LogP contribution in [-0.4, -0.2) is 121 Å². The van der Waals surface area contributed by atoms with Crippen LogP contribution in [0.25, 0.3) is 0 Å². The molecule has 406 valence electrons. The average Bonchev–Trinajstić information content (AvgIpc) is 2.41. The monoisotopic (exact) mass is 1480 g/mol. The fourth-order valence-electron chi connectivity index (χ4n) is 2.01. The minimum atomic E-state index is 0. The molecule has 0 saturated carbocycles. The van der Waals surface area contributed by atoms with E-state index in [1.165, 1.54) is 0 Å². The fraction of sp³-hybridized carbons (Fsp3) is 1.00. The Morgan fingerprint density at radius 2 is 0.228 bits per heavy atom. The van der Waals surface area contributed by atoms with Gasteiger partial charge < -0.3 is 199 Å². The average molecular weight is 1460 g/mol. The molecule has 0 spiro atoms. The minimum absolute atomic E-state index is 0. The molecule has 0 aromatic carbocycles. The van der Waals surface area contributed by atoms with Gasteiger partial charge in [0.2, 0.25) is 0 Å². The van der Waals surface area contributed by atoms with E-state index < -0.39 is 0 Å². The maximum Gasteiger partial charge on any atom is 0.0869 e. The van der Waals surface area contributed by atoms with Crippen molar-refractivity contribution in [3.63, 3.8) is 0 Å². The number of hydrogen-bond donors (Lipinski definition) is 6. The van der Waals surface area contributed by atoms with E-state index in [2.05, 4.69) is 44.2 Å². The molecule has 0 aliphatic carbocycles. The molecule has 30 N–H and O–H groups in total. The number of rotatable bonds is 12. The maximum absolute atomic E-state index is 3.81. The third kappa shape index (κ3) is 429. The van der Waals surface area contributed by atoms with Crippen molar-refractivity contribution in [3.05, 3.63) is 0 Å². The van der Waals surface area contributed by atoms with E-state index in [9.17, 15) is 0 Å². The zero-order valence-electron chi connectivity index (χ0n) is 29.3. The molecular weight excluding hydrogens is 1410 g/mol. The van der Waals surface area contributed by atoms with Gasteiger partial charge in [0, 0.05) is 187 Å². The molecule has 0 saturated heterocycles. The van der Waals surface area contributed by atoms with Crippen LogP contribution in [0.1, 0.15) is 0 Å². The van der Waals surface area contributed by atoms with Crippen molar-refractivity contribution < 1.29 is 346 Å². The van der Waals surface area contributed by atoms with E-state index in [1.54, 1.807) is 0 Å². The molecule has 57 heavy (non-hydrogen) atoms. The maximum atomic E-state index is 3.81. The second kappa shape index (κ2) is 444. The van der Waals surface area contributed by atoms with Crippen molar-refractivity contribution in [3.8, 4) is 0 Å². The Balaban J connectivity index is -0.00000000186. The normalized spacial score (nSPS) is 3.79. The summed E-state index contributed by atoms with van der Waals surface area (Å²) in [5.74, 6) is 0. The molecule has 0 unspecified atom stereocenters. The minimum Gasteiger partial charge on any atom is -2.00 e. The van der Waals surface area contributed by atoms with Crippen LogP contribution in [0.3, 0.4) is 0 Å². The van der Waals surface area contributed by atoms with Crippen LogP contribution in [-0.2, 0) is 279 Å². The molecule has 0 rings (SSSR count). The van der Waals surface area contributed by atoms with Gasteiger partial charge in [-0.3, -0.25) is 9.80 Å². The summed E-state index contributed by atoms with van der Waals surface area (Å²) in [7, 11) is 0. The molecule has 38 nitrogen and oxygen atoms in total. The Kier molecular flexibility index (Phi) is 3640. The van der Waals surface area contributed by atoms with Crippen molar-refractivity contribution in [2.24, 2.45) is 0 Å². The van der Waals surface area contributed by atoms with Crippen LogP contribution in [0, 0.1) is 0 Å². The predicted octanol–water partition coefficient (Wildman–Crippen LogP) is -15.8. The summed E-state index contributed by atoms with van der Waals surface area (Å²) in [4.78, 5) is 4.71. The Morgan fingerprint density at radius 1 is 0.175 bits per heavy atom. The van der Waals surface area contributed by atoms with Crippen molar-refractivity contribution in [2.75, 3.05) is 78.5 Å². The topological polar surface area (TPSA) is 1050 Å². The van der Waals surface area contributed by atoms with Gasteiger partial charge in [-0.05, 0) is 0 Å². The summed E-state index contributed by atoms with van der Waals surface area (Å²) in [6.07, 6.45) is 0.